The first kappa shape index (κ1) is 18.9. The van der Waals surface area contributed by atoms with E-state index in [0.717, 1.165) is 45.2 Å². The molecule has 1 aromatic heterocycles. The summed E-state index contributed by atoms with van der Waals surface area (Å²) in [7, 11) is 0. The number of rotatable bonds is 4. The number of aromatic nitrogens is 1. The Hall–Kier alpha value is -4.05. The van der Waals surface area contributed by atoms with Gasteiger partial charge in [-0.1, -0.05) is 78.9 Å². The maximum atomic E-state index is 4.96. The van der Waals surface area contributed by atoms with Crippen LogP contribution in [0.4, 0.5) is 0 Å². The highest BCUT2D eigenvalue weighted by molar-refractivity contribution is 6.16. The number of nitrogens with zero attached hydrogens (tertiary/aromatic N) is 3. The largest absolute Gasteiger partial charge is 0.324 e. The Morgan fingerprint density at radius 2 is 1.23 bits per heavy atom. The van der Waals surface area contributed by atoms with Crippen molar-refractivity contribution in [3.63, 3.8) is 0 Å². The molecule has 0 saturated carbocycles. The molecule has 0 spiro atoms. The number of amidine groups is 2. The number of pyridine rings is 1. The Kier molecular flexibility index (Phi) is 5.11. The minimum absolute atomic E-state index is 0.292. The van der Waals surface area contributed by atoms with Crippen molar-refractivity contribution in [2.75, 3.05) is 0 Å². The van der Waals surface area contributed by atoms with Crippen LogP contribution in [0.3, 0.4) is 0 Å². The quantitative estimate of drug-likeness (QED) is 0.486. The van der Waals surface area contributed by atoms with Crippen LogP contribution >= 0.6 is 0 Å². The molecule has 31 heavy (non-hydrogen) atoms. The molecular weight excluding hydrogens is 380 g/mol. The lowest BCUT2D eigenvalue weighted by molar-refractivity contribution is 0.756. The van der Waals surface area contributed by atoms with Crippen LogP contribution < -0.4 is 5.32 Å². The van der Waals surface area contributed by atoms with Gasteiger partial charge in [0.2, 0.25) is 0 Å². The van der Waals surface area contributed by atoms with Gasteiger partial charge in [0.05, 0.1) is 0 Å². The summed E-state index contributed by atoms with van der Waals surface area (Å²) in [5.74, 6) is 1.64. The lowest BCUT2D eigenvalue weighted by Crippen LogP contribution is -2.36. The van der Waals surface area contributed by atoms with Crippen LogP contribution in [0.25, 0.3) is 11.1 Å². The van der Waals surface area contributed by atoms with Gasteiger partial charge in [-0.3, -0.25) is 4.98 Å². The number of benzene rings is 3. The Labute approximate surface area is 182 Å². The molecule has 0 amide bonds. The van der Waals surface area contributed by atoms with Gasteiger partial charge in [-0.05, 0) is 41.8 Å². The van der Waals surface area contributed by atoms with E-state index in [4.69, 9.17) is 9.98 Å². The number of aliphatic imine (C=N–C) groups is 2. The third kappa shape index (κ3) is 4.14. The second-order valence-electron chi connectivity index (χ2n) is 7.50. The summed E-state index contributed by atoms with van der Waals surface area (Å²) < 4.78 is 0. The SMILES string of the molecule is Cc1cc(-c2cccc(C3=NC(c4ccccc4)N=C(c4ccccc4)N3)c2)ccn1. The maximum Gasteiger partial charge on any atom is 0.169 e. The smallest absolute Gasteiger partial charge is 0.169 e. The van der Waals surface area contributed by atoms with Crippen LogP contribution in [0.5, 0.6) is 0 Å². The first-order valence-electron chi connectivity index (χ1n) is 10.3. The molecule has 150 valence electrons. The summed E-state index contributed by atoms with van der Waals surface area (Å²) in [6.45, 7) is 2.01. The zero-order chi connectivity index (χ0) is 21.0. The molecule has 1 aliphatic rings. The van der Waals surface area contributed by atoms with Crippen molar-refractivity contribution in [3.8, 4) is 11.1 Å². The molecular formula is C27H22N4. The predicted molar refractivity (Wildman–Crippen MR) is 126 cm³/mol. The average molecular weight is 403 g/mol. The fraction of sp³-hybridized carbons (Fsp3) is 0.0741. The van der Waals surface area contributed by atoms with E-state index in [0.29, 0.717) is 0 Å². The van der Waals surface area contributed by atoms with Crippen molar-refractivity contribution in [1.82, 2.24) is 10.3 Å². The molecule has 2 heterocycles. The first-order chi connectivity index (χ1) is 15.3. The third-order valence-corrected chi connectivity index (χ3v) is 5.25. The molecule has 1 atom stereocenters. The van der Waals surface area contributed by atoms with Gasteiger partial charge in [-0.2, -0.15) is 0 Å². The van der Waals surface area contributed by atoms with Gasteiger partial charge in [0.25, 0.3) is 0 Å². The molecule has 1 N–H and O–H groups in total. The van der Waals surface area contributed by atoms with Gasteiger partial charge in [0, 0.05) is 23.0 Å². The van der Waals surface area contributed by atoms with Crippen molar-refractivity contribution in [2.24, 2.45) is 9.98 Å². The Balaban J connectivity index is 1.57. The van der Waals surface area contributed by atoms with Crippen LogP contribution in [-0.4, -0.2) is 16.7 Å². The summed E-state index contributed by atoms with van der Waals surface area (Å²) in [6, 6.07) is 32.9. The van der Waals surface area contributed by atoms with Crippen molar-refractivity contribution in [1.29, 1.82) is 0 Å². The average Bonchev–Trinajstić information content (AvgIpc) is 2.85. The van der Waals surface area contributed by atoms with Crippen LogP contribution in [0.15, 0.2) is 113 Å². The summed E-state index contributed by atoms with van der Waals surface area (Å²) in [5.41, 5.74) is 6.40. The first-order valence-corrected chi connectivity index (χ1v) is 10.3. The lowest BCUT2D eigenvalue weighted by atomic mass is 10.0. The fourth-order valence-electron chi connectivity index (χ4n) is 3.68. The van der Waals surface area contributed by atoms with Gasteiger partial charge in [0.1, 0.15) is 11.7 Å². The molecule has 4 nitrogen and oxygen atoms in total. The molecule has 0 radical (unpaired) electrons. The van der Waals surface area contributed by atoms with E-state index in [1.54, 1.807) is 0 Å². The van der Waals surface area contributed by atoms with E-state index in [-0.39, 0.29) is 6.17 Å². The van der Waals surface area contributed by atoms with E-state index in [9.17, 15) is 0 Å². The van der Waals surface area contributed by atoms with E-state index in [2.05, 4.69) is 64.9 Å². The Morgan fingerprint density at radius 3 is 1.97 bits per heavy atom. The zero-order valence-electron chi connectivity index (χ0n) is 17.2. The van der Waals surface area contributed by atoms with Crippen molar-refractivity contribution >= 4 is 11.7 Å². The van der Waals surface area contributed by atoms with E-state index < -0.39 is 0 Å². The minimum Gasteiger partial charge on any atom is -0.324 e. The van der Waals surface area contributed by atoms with Gasteiger partial charge in [-0.25, -0.2) is 9.98 Å². The van der Waals surface area contributed by atoms with Gasteiger partial charge in [0.15, 0.2) is 6.17 Å². The number of hydrogen-bond donors (Lipinski definition) is 1. The Morgan fingerprint density at radius 1 is 0.613 bits per heavy atom. The maximum absolute atomic E-state index is 4.96. The van der Waals surface area contributed by atoms with E-state index >= 15 is 0 Å². The Bertz CT molecular complexity index is 1260. The highest BCUT2D eigenvalue weighted by Gasteiger charge is 2.20. The number of aryl methyl sites for hydroxylation is 1. The molecule has 1 aliphatic heterocycles. The van der Waals surface area contributed by atoms with Crippen molar-refractivity contribution < 1.29 is 0 Å². The van der Waals surface area contributed by atoms with Crippen LogP contribution in [0.2, 0.25) is 0 Å². The van der Waals surface area contributed by atoms with Crippen LogP contribution in [-0.2, 0) is 0 Å². The summed E-state index contributed by atoms with van der Waals surface area (Å²) in [5, 5.41) is 3.46. The minimum atomic E-state index is -0.292. The normalized spacial score (nSPS) is 15.6. The topological polar surface area (TPSA) is 49.6 Å². The van der Waals surface area contributed by atoms with Crippen molar-refractivity contribution in [3.05, 3.63) is 126 Å². The highest BCUT2D eigenvalue weighted by atomic mass is 15.2. The summed E-state index contributed by atoms with van der Waals surface area (Å²) in [4.78, 5) is 14.2. The number of hydrogen-bond acceptors (Lipinski definition) is 4. The monoisotopic (exact) mass is 402 g/mol. The van der Waals surface area contributed by atoms with E-state index in [1.165, 1.54) is 0 Å². The van der Waals surface area contributed by atoms with Crippen molar-refractivity contribution in [2.45, 2.75) is 13.1 Å². The second kappa shape index (κ2) is 8.36. The second-order valence-corrected chi connectivity index (χ2v) is 7.50. The van der Waals surface area contributed by atoms with Gasteiger partial charge in [-0.15, -0.1) is 0 Å². The van der Waals surface area contributed by atoms with Crippen LogP contribution in [0, 0.1) is 6.92 Å². The molecule has 5 rings (SSSR count). The fourth-order valence-corrected chi connectivity index (χ4v) is 3.68. The predicted octanol–water partition coefficient (Wildman–Crippen LogP) is 5.55. The lowest BCUT2D eigenvalue weighted by Gasteiger charge is -2.22. The van der Waals surface area contributed by atoms with Gasteiger partial charge >= 0.3 is 0 Å². The highest BCUT2D eigenvalue weighted by Crippen LogP contribution is 2.26. The molecule has 0 aliphatic carbocycles. The third-order valence-electron chi connectivity index (χ3n) is 5.25. The molecule has 3 aromatic carbocycles. The molecule has 4 aromatic rings. The zero-order valence-corrected chi connectivity index (χ0v) is 17.2. The molecule has 4 heteroatoms. The molecule has 0 fully saturated rings. The molecule has 0 saturated heterocycles. The standard InChI is InChI=1S/C27H22N4/c1-19-17-23(15-16-28-19)22-13-8-14-24(18-22)27-30-25(20-9-4-2-5-10-20)29-26(31-27)21-11-6-3-7-12-21/h2-18,25H,1H3,(H,29,30,31). The van der Waals surface area contributed by atoms with Crippen LogP contribution in [0.1, 0.15) is 28.6 Å². The molecule has 0 bridgehead atoms. The number of nitrogens with one attached hydrogen (secondary N) is 1. The van der Waals surface area contributed by atoms with Gasteiger partial charge < -0.3 is 5.32 Å². The summed E-state index contributed by atoms with van der Waals surface area (Å²) in [6.07, 6.45) is 1.55. The van der Waals surface area contributed by atoms with E-state index in [1.807, 2.05) is 55.6 Å². The molecule has 1 unspecified atom stereocenters. The summed E-state index contributed by atoms with van der Waals surface area (Å²) >= 11 is 0.